The van der Waals surface area contributed by atoms with E-state index in [0.29, 0.717) is 5.57 Å². The largest absolute Gasteiger partial charge is 0.478 e. The second-order valence-electron chi connectivity index (χ2n) is 3.58. The first-order valence-corrected chi connectivity index (χ1v) is 5.14. The Kier molecular flexibility index (Phi) is 4.10. The Morgan fingerprint density at radius 2 is 2.07 bits per heavy atom. The number of carbonyl (C=O) groups is 1. The molecule has 0 saturated carbocycles. The molecule has 0 aliphatic rings. The minimum atomic E-state index is -0.860. The number of benzene rings is 1. The SMILES string of the molecule is CCCc1ccccc1/C=C(\C)C(=O)O. The molecule has 0 bridgehead atoms. The molecule has 0 spiro atoms. The van der Waals surface area contributed by atoms with E-state index in [2.05, 4.69) is 6.92 Å². The van der Waals surface area contributed by atoms with Crippen LogP contribution >= 0.6 is 0 Å². The molecule has 1 rings (SSSR count). The van der Waals surface area contributed by atoms with Crippen LogP contribution in [0.3, 0.4) is 0 Å². The highest BCUT2D eigenvalue weighted by Crippen LogP contribution is 2.14. The molecule has 1 N–H and O–H groups in total. The quantitative estimate of drug-likeness (QED) is 0.765. The van der Waals surface area contributed by atoms with Crippen LogP contribution in [0.2, 0.25) is 0 Å². The van der Waals surface area contributed by atoms with Crippen molar-refractivity contribution in [3.05, 3.63) is 41.0 Å². The summed E-state index contributed by atoms with van der Waals surface area (Å²) >= 11 is 0. The summed E-state index contributed by atoms with van der Waals surface area (Å²) in [5.74, 6) is -0.860. The van der Waals surface area contributed by atoms with Gasteiger partial charge in [-0.15, -0.1) is 0 Å². The Balaban J connectivity index is 3.03. The summed E-state index contributed by atoms with van der Waals surface area (Å²) in [5, 5.41) is 8.80. The first kappa shape index (κ1) is 11.5. The van der Waals surface area contributed by atoms with E-state index in [1.54, 1.807) is 13.0 Å². The molecular weight excluding hydrogens is 188 g/mol. The lowest BCUT2D eigenvalue weighted by Gasteiger charge is -2.04. The van der Waals surface area contributed by atoms with E-state index in [1.807, 2.05) is 24.3 Å². The molecule has 0 saturated heterocycles. The van der Waals surface area contributed by atoms with Crippen molar-refractivity contribution in [3.8, 4) is 0 Å². The van der Waals surface area contributed by atoms with Crippen LogP contribution in [-0.4, -0.2) is 11.1 Å². The first-order valence-electron chi connectivity index (χ1n) is 5.14. The number of aliphatic carboxylic acids is 1. The summed E-state index contributed by atoms with van der Waals surface area (Å²) in [6.07, 6.45) is 3.78. The van der Waals surface area contributed by atoms with Crippen LogP contribution in [0.15, 0.2) is 29.8 Å². The number of hydrogen-bond acceptors (Lipinski definition) is 1. The van der Waals surface area contributed by atoms with E-state index in [0.717, 1.165) is 18.4 Å². The molecule has 0 radical (unpaired) electrons. The van der Waals surface area contributed by atoms with E-state index in [4.69, 9.17) is 5.11 Å². The summed E-state index contributed by atoms with van der Waals surface area (Å²) in [6.45, 7) is 3.73. The van der Waals surface area contributed by atoms with Crippen LogP contribution in [0, 0.1) is 0 Å². The molecule has 0 heterocycles. The Hall–Kier alpha value is -1.57. The molecule has 80 valence electrons. The highest BCUT2D eigenvalue weighted by atomic mass is 16.4. The van der Waals surface area contributed by atoms with Gasteiger partial charge in [0.2, 0.25) is 0 Å². The van der Waals surface area contributed by atoms with Crippen molar-refractivity contribution in [2.45, 2.75) is 26.7 Å². The summed E-state index contributed by atoms with van der Waals surface area (Å²) in [6, 6.07) is 7.92. The van der Waals surface area contributed by atoms with Gasteiger partial charge in [0.05, 0.1) is 0 Å². The molecule has 0 aromatic heterocycles. The number of carboxylic acids is 1. The second-order valence-corrected chi connectivity index (χ2v) is 3.58. The molecule has 1 aromatic rings. The summed E-state index contributed by atoms with van der Waals surface area (Å²) in [5.41, 5.74) is 2.60. The Morgan fingerprint density at radius 1 is 1.40 bits per heavy atom. The van der Waals surface area contributed by atoms with Crippen molar-refractivity contribution in [1.29, 1.82) is 0 Å². The average Bonchev–Trinajstić information content (AvgIpc) is 2.21. The monoisotopic (exact) mass is 204 g/mol. The Labute approximate surface area is 90.3 Å². The molecule has 15 heavy (non-hydrogen) atoms. The minimum absolute atomic E-state index is 0.374. The van der Waals surface area contributed by atoms with Crippen LogP contribution in [0.1, 0.15) is 31.4 Å². The number of aryl methyl sites for hydroxylation is 1. The molecule has 0 atom stereocenters. The fraction of sp³-hybridized carbons (Fsp3) is 0.308. The predicted molar refractivity (Wildman–Crippen MR) is 61.7 cm³/mol. The van der Waals surface area contributed by atoms with Gasteiger partial charge < -0.3 is 5.11 Å². The zero-order valence-electron chi connectivity index (χ0n) is 9.16. The van der Waals surface area contributed by atoms with Crippen LogP contribution < -0.4 is 0 Å². The maximum absolute atomic E-state index is 10.7. The van der Waals surface area contributed by atoms with Crippen LogP contribution in [0.5, 0.6) is 0 Å². The minimum Gasteiger partial charge on any atom is -0.478 e. The maximum atomic E-state index is 10.7. The van der Waals surface area contributed by atoms with Gasteiger partial charge in [-0.2, -0.15) is 0 Å². The molecule has 0 unspecified atom stereocenters. The van der Waals surface area contributed by atoms with Crippen LogP contribution in [0.25, 0.3) is 6.08 Å². The highest BCUT2D eigenvalue weighted by molar-refractivity contribution is 5.91. The molecule has 1 aromatic carbocycles. The summed E-state index contributed by atoms with van der Waals surface area (Å²) in [4.78, 5) is 10.7. The Morgan fingerprint density at radius 3 is 2.67 bits per heavy atom. The normalized spacial score (nSPS) is 11.5. The van der Waals surface area contributed by atoms with Crippen molar-refractivity contribution in [1.82, 2.24) is 0 Å². The molecule has 0 amide bonds. The lowest BCUT2D eigenvalue weighted by Crippen LogP contribution is -1.96. The second kappa shape index (κ2) is 5.35. The van der Waals surface area contributed by atoms with E-state index in [9.17, 15) is 4.79 Å². The smallest absolute Gasteiger partial charge is 0.331 e. The molecule has 0 aliphatic heterocycles. The van der Waals surface area contributed by atoms with Crippen molar-refractivity contribution in [2.75, 3.05) is 0 Å². The van der Waals surface area contributed by atoms with Crippen molar-refractivity contribution in [3.63, 3.8) is 0 Å². The van der Waals surface area contributed by atoms with Gasteiger partial charge in [0.25, 0.3) is 0 Å². The van der Waals surface area contributed by atoms with Crippen molar-refractivity contribution in [2.24, 2.45) is 0 Å². The van der Waals surface area contributed by atoms with Gasteiger partial charge in [-0.05, 0) is 30.5 Å². The molecule has 0 aliphatic carbocycles. The number of hydrogen-bond donors (Lipinski definition) is 1. The predicted octanol–water partition coefficient (Wildman–Crippen LogP) is 3.13. The fourth-order valence-corrected chi connectivity index (χ4v) is 1.47. The van der Waals surface area contributed by atoms with E-state index < -0.39 is 5.97 Å². The molecule has 2 heteroatoms. The van der Waals surface area contributed by atoms with Gasteiger partial charge in [-0.1, -0.05) is 37.6 Å². The lowest BCUT2D eigenvalue weighted by molar-refractivity contribution is -0.132. The number of rotatable bonds is 4. The van der Waals surface area contributed by atoms with E-state index in [-0.39, 0.29) is 0 Å². The topological polar surface area (TPSA) is 37.3 Å². The third kappa shape index (κ3) is 3.24. The fourth-order valence-electron chi connectivity index (χ4n) is 1.47. The van der Waals surface area contributed by atoms with Gasteiger partial charge in [0, 0.05) is 5.57 Å². The van der Waals surface area contributed by atoms with Crippen LogP contribution in [-0.2, 0) is 11.2 Å². The van der Waals surface area contributed by atoms with E-state index >= 15 is 0 Å². The third-order valence-corrected chi connectivity index (χ3v) is 2.28. The zero-order valence-corrected chi connectivity index (χ0v) is 9.16. The average molecular weight is 204 g/mol. The van der Waals surface area contributed by atoms with Gasteiger partial charge in [0.1, 0.15) is 0 Å². The van der Waals surface area contributed by atoms with E-state index in [1.165, 1.54) is 5.56 Å². The molecular formula is C13H16O2. The lowest BCUT2D eigenvalue weighted by atomic mass is 10.0. The molecule has 2 nitrogen and oxygen atoms in total. The summed E-state index contributed by atoms with van der Waals surface area (Å²) in [7, 11) is 0. The first-order chi connectivity index (χ1) is 7.15. The van der Waals surface area contributed by atoms with Crippen molar-refractivity contribution >= 4 is 12.0 Å². The van der Waals surface area contributed by atoms with Gasteiger partial charge in [-0.25, -0.2) is 4.79 Å². The van der Waals surface area contributed by atoms with Crippen molar-refractivity contribution < 1.29 is 9.90 Å². The van der Waals surface area contributed by atoms with Crippen LogP contribution in [0.4, 0.5) is 0 Å². The summed E-state index contributed by atoms with van der Waals surface area (Å²) < 4.78 is 0. The number of carboxylic acid groups (broad SMARTS) is 1. The third-order valence-electron chi connectivity index (χ3n) is 2.28. The highest BCUT2D eigenvalue weighted by Gasteiger charge is 2.02. The molecule has 0 fully saturated rings. The Bertz CT molecular complexity index is 378. The van der Waals surface area contributed by atoms with Gasteiger partial charge >= 0.3 is 5.97 Å². The van der Waals surface area contributed by atoms with Gasteiger partial charge in [-0.3, -0.25) is 0 Å². The standard InChI is InChI=1S/C13H16O2/c1-3-6-11-7-4-5-8-12(11)9-10(2)13(14)15/h4-5,7-9H,3,6H2,1-2H3,(H,14,15)/b10-9+. The zero-order chi connectivity index (χ0) is 11.3. The maximum Gasteiger partial charge on any atom is 0.331 e. The van der Waals surface area contributed by atoms with Gasteiger partial charge in [0.15, 0.2) is 0 Å².